The number of sulfonamides is 1. The van der Waals surface area contributed by atoms with E-state index in [0.717, 1.165) is 40.1 Å². The van der Waals surface area contributed by atoms with Crippen LogP contribution in [0.4, 0.5) is 5.69 Å². The molecule has 2 atom stereocenters. The SMILES string of the molecule is CCc1ccc(N(CC(=O)N(Cc2cccc(Cl)c2)[C@H](Cc2ccccc2)C(=O)N[C@@H](C)CC)S(C)(=O)=O)cc1. The van der Waals surface area contributed by atoms with Gasteiger partial charge in [-0.05, 0) is 60.7 Å². The third-order valence-electron chi connectivity index (χ3n) is 6.83. The molecule has 0 saturated heterocycles. The number of nitrogens with zero attached hydrogens (tertiary/aromatic N) is 2. The molecule has 0 bridgehead atoms. The summed E-state index contributed by atoms with van der Waals surface area (Å²) in [6, 6.07) is 22.7. The lowest BCUT2D eigenvalue weighted by molar-refractivity contribution is -0.140. The molecule has 3 aromatic carbocycles. The Hall–Kier alpha value is -3.36. The van der Waals surface area contributed by atoms with Crippen molar-refractivity contribution in [2.45, 2.75) is 58.7 Å². The quantitative estimate of drug-likeness (QED) is 0.299. The summed E-state index contributed by atoms with van der Waals surface area (Å²) < 4.78 is 26.9. The molecule has 9 heteroatoms. The molecule has 7 nitrogen and oxygen atoms in total. The molecule has 0 heterocycles. The molecular weight excluding hydrogens is 546 g/mol. The fourth-order valence-electron chi connectivity index (χ4n) is 4.34. The zero-order valence-electron chi connectivity index (χ0n) is 23.5. The first-order chi connectivity index (χ1) is 19.0. The van der Waals surface area contributed by atoms with Crippen LogP contribution >= 0.6 is 11.6 Å². The fraction of sp³-hybridized carbons (Fsp3) is 0.355. The zero-order valence-corrected chi connectivity index (χ0v) is 25.1. The molecule has 40 heavy (non-hydrogen) atoms. The maximum atomic E-state index is 14.1. The van der Waals surface area contributed by atoms with E-state index < -0.39 is 28.5 Å². The highest BCUT2D eigenvalue weighted by molar-refractivity contribution is 7.92. The van der Waals surface area contributed by atoms with E-state index in [0.29, 0.717) is 10.7 Å². The Morgan fingerprint density at radius 3 is 2.12 bits per heavy atom. The predicted octanol–water partition coefficient (Wildman–Crippen LogP) is 5.22. The number of rotatable bonds is 13. The summed E-state index contributed by atoms with van der Waals surface area (Å²) in [6.07, 6.45) is 2.87. The molecule has 1 N–H and O–H groups in total. The molecule has 0 fully saturated rings. The molecule has 0 saturated carbocycles. The summed E-state index contributed by atoms with van der Waals surface area (Å²) in [6.45, 7) is 5.52. The number of aryl methyl sites for hydroxylation is 1. The van der Waals surface area contributed by atoms with Crippen molar-refractivity contribution in [1.82, 2.24) is 10.2 Å². The van der Waals surface area contributed by atoms with Crippen molar-refractivity contribution in [3.63, 3.8) is 0 Å². The van der Waals surface area contributed by atoms with Gasteiger partial charge in [0.2, 0.25) is 21.8 Å². The summed E-state index contributed by atoms with van der Waals surface area (Å²) in [5, 5.41) is 3.52. The van der Waals surface area contributed by atoms with Gasteiger partial charge in [-0.15, -0.1) is 0 Å². The molecule has 3 rings (SSSR count). The van der Waals surface area contributed by atoms with E-state index in [4.69, 9.17) is 11.6 Å². The standard InChI is InChI=1S/C31H38ClN3O4S/c1-5-23(3)33-31(37)29(20-25-11-8-7-9-12-25)34(21-26-13-10-14-27(32)19-26)30(36)22-35(40(4,38)39)28-17-15-24(6-2)16-18-28/h7-19,23,29H,5-6,20-22H2,1-4H3,(H,33,37)/t23-,29+/m0/s1. The van der Waals surface area contributed by atoms with Gasteiger partial charge in [-0.25, -0.2) is 8.42 Å². The average molecular weight is 584 g/mol. The monoisotopic (exact) mass is 583 g/mol. The second kappa shape index (κ2) is 14.3. The van der Waals surface area contributed by atoms with Gasteiger partial charge >= 0.3 is 0 Å². The second-order valence-corrected chi connectivity index (χ2v) is 12.3. The minimum Gasteiger partial charge on any atom is -0.352 e. The van der Waals surface area contributed by atoms with Crippen molar-refractivity contribution in [3.8, 4) is 0 Å². The normalized spacial score (nSPS) is 12.8. The van der Waals surface area contributed by atoms with E-state index >= 15 is 0 Å². The highest BCUT2D eigenvalue weighted by Crippen LogP contribution is 2.22. The number of nitrogens with one attached hydrogen (secondary N) is 1. The van der Waals surface area contributed by atoms with Crippen LogP contribution in [0, 0.1) is 0 Å². The van der Waals surface area contributed by atoms with Crippen molar-refractivity contribution in [2.24, 2.45) is 0 Å². The average Bonchev–Trinajstić information content (AvgIpc) is 2.93. The Kier molecular flexibility index (Phi) is 11.2. The van der Waals surface area contributed by atoms with Crippen LogP contribution in [0.2, 0.25) is 5.02 Å². The summed E-state index contributed by atoms with van der Waals surface area (Å²) in [5.74, 6) is -0.794. The van der Waals surface area contributed by atoms with Crippen LogP contribution in [0.3, 0.4) is 0 Å². The minimum absolute atomic E-state index is 0.0805. The topological polar surface area (TPSA) is 86.8 Å². The molecule has 214 valence electrons. The number of carbonyl (C=O) groups is 2. The number of benzene rings is 3. The third-order valence-corrected chi connectivity index (χ3v) is 8.20. The van der Waals surface area contributed by atoms with Gasteiger partial charge in [-0.2, -0.15) is 0 Å². The molecule has 0 unspecified atom stereocenters. The smallest absolute Gasteiger partial charge is 0.244 e. The lowest BCUT2D eigenvalue weighted by Gasteiger charge is -2.34. The van der Waals surface area contributed by atoms with Gasteiger partial charge in [-0.1, -0.05) is 80.0 Å². The van der Waals surface area contributed by atoms with Gasteiger partial charge in [-0.3, -0.25) is 13.9 Å². The molecule has 0 aliphatic carbocycles. The van der Waals surface area contributed by atoms with E-state index in [1.807, 2.05) is 69.3 Å². The van der Waals surface area contributed by atoms with Crippen LogP contribution in [0.15, 0.2) is 78.9 Å². The number of halogens is 1. The van der Waals surface area contributed by atoms with Crippen molar-refractivity contribution in [2.75, 3.05) is 17.1 Å². The molecule has 0 aliphatic heterocycles. The molecule has 3 aromatic rings. The van der Waals surface area contributed by atoms with Crippen LogP contribution in [0.25, 0.3) is 0 Å². The molecule has 0 aromatic heterocycles. The van der Waals surface area contributed by atoms with Crippen molar-refractivity contribution in [3.05, 3.63) is 101 Å². The van der Waals surface area contributed by atoms with Crippen molar-refractivity contribution in [1.29, 1.82) is 0 Å². The van der Waals surface area contributed by atoms with Crippen LogP contribution in [-0.4, -0.2) is 50.0 Å². The van der Waals surface area contributed by atoms with Crippen LogP contribution in [0.1, 0.15) is 43.9 Å². The first kappa shape index (κ1) is 31.2. The summed E-state index contributed by atoms with van der Waals surface area (Å²) >= 11 is 6.25. The maximum absolute atomic E-state index is 14.1. The number of amides is 2. The molecule has 0 aliphatic rings. The lowest BCUT2D eigenvalue weighted by atomic mass is 10.0. The van der Waals surface area contributed by atoms with Crippen molar-refractivity contribution < 1.29 is 18.0 Å². The van der Waals surface area contributed by atoms with E-state index in [1.54, 1.807) is 30.3 Å². The summed E-state index contributed by atoms with van der Waals surface area (Å²) in [7, 11) is -3.81. The van der Waals surface area contributed by atoms with E-state index in [1.165, 1.54) is 4.90 Å². The van der Waals surface area contributed by atoms with Gasteiger partial charge in [0.15, 0.2) is 0 Å². The Bertz CT molecular complexity index is 1380. The van der Waals surface area contributed by atoms with Gasteiger partial charge in [0.25, 0.3) is 0 Å². The van der Waals surface area contributed by atoms with Gasteiger partial charge < -0.3 is 10.2 Å². The van der Waals surface area contributed by atoms with Crippen LogP contribution < -0.4 is 9.62 Å². The highest BCUT2D eigenvalue weighted by atomic mass is 35.5. The van der Waals surface area contributed by atoms with E-state index in [-0.39, 0.29) is 24.9 Å². The van der Waals surface area contributed by atoms with Crippen LogP contribution in [0.5, 0.6) is 0 Å². The molecule has 0 spiro atoms. The number of anilines is 1. The largest absolute Gasteiger partial charge is 0.352 e. The molecule has 0 radical (unpaired) electrons. The number of carbonyl (C=O) groups excluding carboxylic acids is 2. The summed E-state index contributed by atoms with van der Waals surface area (Å²) in [5.41, 5.74) is 3.05. The van der Waals surface area contributed by atoms with Gasteiger partial charge in [0.1, 0.15) is 12.6 Å². The predicted molar refractivity (Wildman–Crippen MR) is 162 cm³/mol. The maximum Gasteiger partial charge on any atom is 0.244 e. The first-order valence-electron chi connectivity index (χ1n) is 13.5. The summed E-state index contributed by atoms with van der Waals surface area (Å²) in [4.78, 5) is 29.2. The lowest BCUT2D eigenvalue weighted by Crippen LogP contribution is -2.54. The Labute approximate surface area is 243 Å². The van der Waals surface area contributed by atoms with E-state index in [9.17, 15) is 18.0 Å². The zero-order chi connectivity index (χ0) is 29.3. The van der Waals surface area contributed by atoms with Crippen molar-refractivity contribution >= 4 is 39.1 Å². The van der Waals surface area contributed by atoms with E-state index in [2.05, 4.69) is 5.32 Å². The number of hydrogen-bond acceptors (Lipinski definition) is 4. The Balaban J connectivity index is 2.05. The van der Waals surface area contributed by atoms with Gasteiger partial charge in [0, 0.05) is 24.0 Å². The highest BCUT2D eigenvalue weighted by Gasteiger charge is 2.33. The first-order valence-corrected chi connectivity index (χ1v) is 15.7. The Morgan fingerprint density at radius 2 is 1.55 bits per heavy atom. The third kappa shape index (κ3) is 8.83. The Morgan fingerprint density at radius 1 is 0.900 bits per heavy atom. The molecule has 2 amide bonds. The minimum atomic E-state index is -3.81. The number of hydrogen-bond donors (Lipinski definition) is 1. The molecular formula is C31H38ClN3O4S. The van der Waals surface area contributed by atoms with Crippen LogP contribution in [-0.2, 0) is 39.0 Å². The van der Waals surface area contributed by atoms with Gasteiger partial charge in [0.05, 0.1) is 11.9 Å². The fourth-order valence-corrected chi connectivity index (χ4v) is 5.40. The second-order valence-electron chi connectivity index (χ2n) is 9.96.